The molecule has 0 bridgehead atoms. The molecule has 0 saturated carbocycles. The highest BCUT2D eigenvalue weighted by molar-refractivity contribution is 7.72. The molecule has 0 aliphatic rings. The molecule has 160 valence electrons. The summed E-state index contributed by atoms with van der Waals surface area (Å²) in [6.07, 6.45) is 12.1. The number of benzene rings is 1. The van der Waals surface area contributed by atoms with Gasteiger partial charge in [-0.3, -0.25) is 4.79 Å². The molecule has 0 radical (unpaired) electrons. The van der Waals surface area contributed by atoms with Crippen molar-refractivity contribution in [3.8, 4) is 0 Å². The van der Waals surface area contributed by atoms with Crippen molar-refractivity contribution in [2.45, 2.75) is 85.0 Å². The van der Waals surface area contributed by atoms with Crippen LogP contribution in [0.15, 0.2) is 30.3 Å². The highest BCUT2D eigenvalue weighted by atomic mass is 31.2. The van der Waals surface area contributed by atoms with E-state index >= 15 is 0 Å². The number of carbonyl (C=O) groups excluding carboxylic acids is 1. The quantitative estimate of drug-likeness (QED) is 0.233. The molecule has 3 nitrogen and oxygen atoms in total. The fraction of sp³-hybridized carbons (Fsp3) is 0.708. The zero-order chi connectivity index (χ0) is 20.7. The largest absolute Gasteiger partial charge is 0.342 e. The molecule has 1 rings (SSSR count). The van der Waals surface area contributed by atoms with Crippen LogP contribution in [-0.2, 0) is 9.36 Å². The van der Waals surface area contributed by atoms with E-state index in [1.54, 1.807) is 0 Å². The molecule has 0 saturated heterocycles. The Bertz CT molecular complexity index is 565. The van der Waals surface area contributed by atoms with Crippen LogP contribution in [0.2, 0.25) is 0 Å². The lowest BCUT2D eigenvalue weighted by Gasteiger charge is -2.26. The average molecular weight is 408 g/mol. The summed E-state index contributed by atoms with van der Waals surface area (Å²) in [5.41, 5.74) is 0. The van der Waals surface area contributed by atoms with Crippen molar-refractivity contribution in [3.05, 3.63) is 30.3 Å². The SMILES string of the molecule is CCCCCCCCP(=O)(CC(=O)N(CCCC)CCCC)c1ccccc1. The number of hydrogen-bond acceptors (Lipinski definition) is 2. The highest BCUT2D eigenvalue weighted by Gasteiger charge is 2.29. The Morgan fingerprint density at radius 1 is 0.786 bits per heavy atom. The van der Waals surface area contributed by atoms with Crippen LogP contribution >= 0.6 is 7.14 Å². The molecule has 0 N–H and O–H groups in total. The zero-order valence-corrected chi connectivity index (χ0v) is 19.4. The number of unbranched alkanes of at least 4 members (excludes halogenated alkanes) is 7. The van der Waals surface area contributed by atoms with Crippen molar-refractivity contribution < 1.29 is 9.36 Å². The Morgan fingerprint density at radius 2 is 1.32 bits per heavy atom. The Kier molecular flexibility index (Phi) is 13.2. The van der Waals surface area contributed by atoms with Gasteiger partial charge < -0.3 is 9.46 Å². The molecule has 0 aliphatic heterocycles. The summed E-state index contributed by atoms with van der Waals surface area (Å²) in [6, 6.07) is 9.75. The van der Waals surface area contributed by atoms with Gasteiger partial charge in [-0.15, -0.1) is 0 Å². The van der Waals surface area contributed by atoms with Crippen molar-refractivity contribution in [1.82, 2.24) is 4.90 Å². The van der Waals surface area contributed by atoms with Crippen molar-refractivity contribution >= 4 is 18.4 Å². The third-order valence-electron chi connectivity index (χ3n) is 5.41. The smallest absolute Gasteiger partial charge is 0.230 e. The zero-order valence-electron chi connectivity index (χ0n) is 18.5. The first-order chi connectivity index (χ1) is 13.6. The van der Waals surface area contributed by atoms with Gasteiger partial charge in [-0.25, -0.2) is 0 Å². The molecule has 1 unspecified atom stereocenters. The molecule has 0 aromatic heterocycles. The van der Waals surface area contributed by atoms with Crippen LogP contribution in [0.4, 0.5) is 0 Å². The number of hydrogen-bond donors (Lipinski definition) is 0. The van der Waals surface area contributed by atoms with Gasteiger partial charge in [-0.1, -0.05) is 96.0 Å². The van der Waals surface area contributed by atoms with E-state index in [9.17, 15) is 9.36 Å². The Balaban J connectivity index is 2.80. The van der Waals surface area contributed by atoms with Gasteiger partial charge in [0.25, 0.3) is 0 Å². The van der Waals surface area contributed by atoms with Crippen LogP contribution in [0.1, 0.15) is 85.0 Å². The van der Waals surface area contributed by atoms with Crippen LogP contribution in [0.25, 0.3) is 0 Å². The van der Waals surface area contributed by atoms with Crippen molar-refractivity contribution in [3.63, 3.8) is 0 Å². The third kappa shape index (κ3) is 9.41. The van der Waals surface area contributed by atoms with Gasteiger partial charge in [-0.2, -0.15) is 0 Å². The number of rotatable bonds is 16. The normalized spacial score (nSPS) is 13.2. The number of nitrogens with zero attached hydrogens (tertiary/aromatic N) is 1. The number of amides is 1. The van der Waals surface area contributed by atoms with Crippen molar-refractivity contribution in [1.29, 1.82) is 0 Å². The average Bonchev–Trinajstić information content (AvgIpc) is 2.71. The standard InChI is InChI=1S/C24H42NO2P/c1-4-7-10-11-12-16-21-28(27,23-17-14-13-15-18-23)22-24(26)25(19-8-5-2)20-9-6-3/h13-15,17-18H,4-12,16,19-22H2,1-3H3. The molecular weight excluding hydrogens is 365 g/mol. The predicted molar refractivity (Wildman–Crippen MR) is 123 cm³/mol. The highest BCUT2D eigenvalue weighted by Crippen LogP contribution is 2.45. The molecule has 0 aliphatic carbocycles. The van der Waals surface area contributed by atoms with E-state index in [1.807, 2.05) is 35.2 Å². The lowest BCUT2D eigenvalue weighted by Crippen LogP contribution is -2.36. The first-order valence-corrected chi connectivity index (χ1v) is 13.6. The molecule has 1 aromatic carbocycles. The second-order valence-corrected chi connectivity index (χ2v) is 11.0. The summed E-state index contributed by atoms with van der Waals surface area (Å²) < 4.78 is 13.9. The van der Waals surface area contributed by atoms with E-state index in [1.165, 1.54) is 25.7 Å². The summed E-state index contributed by atoms with van der Waals surface area (Å²) in [4.78, 5) is 15.0. The molecule has 1 aromatic rings. The minimum absolute atomic E-state index is 0.0834. The van der Waals surface area contributed by atoms with Crippen LogP contribution in [-0.4, -0.2) is 36.2 Å². The predicted octanol–water partition coefficient (Wildman–Crippen LogP) is 6.46. The van der Waals surface area contributed by atoms with E-state index in [4.69, 9.17) is 0 Å². The summed E-state index contributed by atoms with van der Waals surface area (Å²) in [6.45, 7) is 8.10. The van der Waals surface area contributed by atoms with E-state index in [0.29, 0.717) is 6.16 Å². The third-order valence-corrected chi connectivity index (χ3v) is 8.47. The minimum atomic E-state index is -2.69. The van der Waals surface area contributed by atoms with Gasteiger partial charge in [0.05, 0.1) is 6.16 Å². The van der Waals surface area contributed by atoms with Gasteiger partial charge >= 0.3 is 0 Å². The van der Waals surface area contributed by atoms with E-state index in [-0.39, 0.29) is 12.1 Å². The molecule has 0 spiro atoms. The fourth-order valence-corrected chi connectivity index (χ4v) is 6.21. The number of carbonyl (C=O) groups is 1. The van der Waals surface area contributed by atoms with Gasteiger partial charge in [0, 0.05) is 24.6 Å². The lowest BCUT2D eigenvalue weighted by atomic mass is 10.1. The topological polar surface area (TPSA) is 37.4 Å². The monoisotopic (exact) mass is 407 g/mol. The van der Waals surface area contributed by atoms with Crippen LogP contribution in [0, 0.1) is 0 Å². The minimum Gasteiger partial charge on any atom is -0.342 e. The second-order valence-electron chi connectivity index (χ2n) is 7.96. The van der Waals surface area contributed by atoms with E-state index in [0.717, 1.165) is 56.9 Å². The maximum absolute atomic E-state index is 13.9. The van der Waals surface area contributed by atoms with Gasteiger partial charge in [0.1, 0.15) is 7.14 Å². The fourth-order valence-electron chi connectivity index (χ4n) is 3.52. The van der Waals surface area contributed by atoms with Crippen molar-refractivity contribution in [2.24, 2.45) is 0 Å². The molecule has 1 atom stereocenters. The molecular formula is C24H42NO2P. The molecule has 1 amide bonds. The summed E-state index contributed by atoms with van der Waals surface area (Å²) in [7, 11) is -2.69. The van der Waals surface area contributed by atoms with Gasteiger partial charge in [-0.05, 0) is 19.3 Å². The molecule has 4 heteroatoms. The van der Waals surface area contributed by atoms with Gasteiger partial charge in [0.15, 0.2) is 0 Å². The summed E-state index contributed by atoms with van der Waals surface area (Å²) >= 11 is 0. The molecule has 28 heavy (non-hydrogen) atoms. The van der Waals surface area contributed by atoms with Crippen molar-refractivity contribution in [2.75, 3.05) is 25.4 Å². The maximum Gasteiger partial charge on any atom is 0.230 e. The molecule has 0 heterocycles. The van der Waals surface area contributed by atoms with E-state index in [2.05, 4.69) is 20.8 Å². The summed E-state index contributed by atoms with van der Waals surface area (Å²) in [5, 5.41) is 0.878. The Hall–Kier alpha value is -1.08. The van der Waals surface area contributed by atoms with Gasteiger partial charge in [0.2, 0.25) is 5.91 Å². The van der Waals surface area contributed by atoms with Crippen LogP contribution < -0.4 is 5.30 Å². The first kappa shape index (κ1) is 25.0. The Morgan fingerprint density at radius 3 is 1.89 bits per heavy atom. The summed E-state index contributed by atoms with van der Waals surface area (Å²) in [5.74, 6) is 0.0834. The van der Waals surface area contributed by atoms with E-state index < -0.39 is 7.14 Å². The second kappa shape index (κ2) is 14.9. The maximum atomic E-state index is 13.9. The van der Waals surface area contributed by atoms with Crippen LogP contribution in [0.3, 0.4) is 0 Å². The first-order valence-electron chi connectivity index (χ1n) is 11.5. The Labute approximate surface area is 173 Å². The van der Waals surface area contributed by atoms with Crippen LogP contribution in [0.5, 0.6) is 0 Å². The lowest BCUT2D eigenvalue weighted by molar-refractivity contribution is -0.128. The molecule has 0 fully saturated rings.